The van der Waals surface area contributed by atoms with Crippen LogP contribution in [0, 0.1) is 0 Å². The number of thioether (sulfide) groups is 1. The molecule has 1 saturated heterocycles. The predicted octanol–water partition coefficient (Wildman–Crippen LogP) is 4.13. The van der Waals surface area contributed by atoms with E-state index >= 15 is 0 Å². The Bertz CT molecular complexity index is 914. The van der Waals surface area contributed by atoms with Crippen LogP contribution in [0.1, 0.15) is 41.4 Å². The molecule has 2 heterocycles. The van der Waals surface area contributed by atoms with Gasteiger partial charge in [0, 0.05) is 31.1 Å². The quantitative estimate of drug-likeness (QED) is 0.637. The normalized spacial score (nSPS) is 16.9. The topological polar surface area (TPSA) is 57.7 Å². The lowest BCUT2D eigenvalue weighted by atomic mass is 9.99. The second-order valence-corrected chi connectivity index (χ2v) is 10.6. The summed E-state index contributed by atoms with van der Waals surface area (Å²) in [6, 6.07) is 9.16. The zero-order valence-corrected chi connectivity index (χ0v) is 18.9. The zero-order chi connectivity index (χ0) is 20.3. The highest BCUT2D eigenvalue weighted by Gasteiger charge is 2.31. The number of rotatable bonds is 6. The van der Waals surface area contributed by atoms with Gasteiger partial charge in [-0.1, -0.05) is 26.0 Å². The molecule has 1 aromatic heterocycles. The van der Waals surface area contributed by atoms with Crippen LogP contribution in [0.25, 0.3) is 0 Å². The van der Waals surface area contributed by atoms with Crippen LogP contribution >= 0.6 is 23.1 Å². The van der Waals surface area contributed by atoms with Crippen LogP contribution in [0.3, 0.4) is 0 Å². The number of piperazine rings is 1. The van der Waals surface area contributed by atoms with E-state index in [-0.39, 0.29) is 5.91 Å². The van der Waals surface area contributed by atoms with E-state index in [2.05, 4.69) is 13.8 Å². The molecule has 8 heteroatoms. The molecule has 0 radical (unpaired) electrons. The van der Waals surface area contributed by atoms with Gasteiger partial charge in [0.1, 0.15) is 4.88 Å². The van der Waals surface area contributed by atoms with Gasteiger partial charge in [0.25, 0.3) is 5.91 Å². The summed E-state index contributed by atoms with van der Waals surface area (Å²) in [5.41, 5.74) is 1.15. The highest BCUT2D eigenvalue weighted by atomic mass is 32.2. The number of amides is 1. The van der Waals surface area contributed by atoms with Crippen molar-refractivity contribution in [3.05, 3.63) is 46.2 Å². The van der Waals surface area contributed by atoms with Crippen LogP contribution in [0.5, 0.6) is 0 Å². The average Bonchev–Trinajstić information content (AvgIpc) is 3.21. The minimum absolute atomic E-state index is 0.00527. The molecule has 152 valence electrons. The molecule has 0 N–H and O–H groups in total. The van der Waals surface area contributed by atoms with E-state index < -0.39 is 10.0 Å². The molecule has 3 rings (SSSR count). The summed E-state index contributed by atoms with van der Waals surface area (Å²) in [7, 11) is -3.53. The summed E-state index contributed by atoms with van der Waals surface area (Å²) >= 11 is 3.00. The van der Waals surface area contributed by atoms with E-state index in [1.807, 2.05) is 29.8 Å². The number of hydrogen-bond acceptors (Lipinski definition) is 5. The minimum atomic E-state index is -3.53. The maximum atomic E-state index is 13.0. The molecule has 1 atom stereocenters. The van der Waals surface area contributed by atoms with E-state index in [4.69, 9.17) is 0 Å². The summed E-state index contributed by atoms with van der Waals surface area (Å²) in [5, 5.41) is 1.92. The minimum Gasteiger partial charge on any atom is -0.335 e. The van der Waals surface area contributed by atoms with E-state index in [9.17, 15) is 13.2 Å². The van der Waals surface area contributed by atoms with Gasteiger partial charge in [-0.2, -0.15) is 4.31 Å². The summed E-state index contributed by atoms with van der Waals surface area (Å²) < 4.78 is 27.4. The fraction of sp³-hybridized carbons (Fsp3) is 0.450. The predicted molar refractivity (Wildman–Crippen MR) is 116 cm³/mol. The second-order valence-electron chi connectivity index (χ2n) is 6.89. The Hall–Kier alpha value is -1.35. The first-order chi connectivity index (χ1) is 13.4. The summed E-state index contributed by atoms with van der Waals surface area (Å²) in [6.45, 7) is 5.72. The third-order valence-corrected chi connectivity index (χ3v) is 8.99. The molecule has 28 heavy (non-hydrogen) atoms. The lowest BCUT2D eigenvalue weighted by Crippen LogP contribution is -2.50. The number of sulfonamides is 1. The molecule has 1 unspecified atom stereocenters. The van der Waals surface area contributed by atoms with Gasteiger partial charge in [-0.15, -0.1) is 23.1 Å². The molecule has 1 aliphatic heterocycles. The van der Waals surface area contributed by atoms with Crippen molar-refractivity contribution in [1.29, 1.82) is 0 Å². The smallest absolute Gasteiger partial charge is 0.265 e. The van der Waals surface area contributed by atoms with Crippen LogP contribution in [0.2, 0.25) is 0 Å². The molecular formula is C20H26N2O3S3. The van der Waals surface area contributed by atoms with Crippen molar-refractivity contribution < 1.29 is 13.2 Å². The number of carbonyl (C=O) groups is 1. The highest BCUT2D eigenvalue weighted by Crippen LogP contribution is 2.28. The van der Waals surface area contributed by atoms with E-state index in [1.165, 1.54) is 15.6 Å². The largest absolute Gasteiger partial charge is 0.335 e. The molecule has 0 spiro atoms. The van der Waals surface area contributed by atoms with Gasteiger partial charge in [-0.05, 0) is 47.7 Å². The molecule has 5 nitrogen and oxygen atoms in total. The van der Waals surface area contributed by atoms with Crippen molar-refractivity contribution in [2.24, 2.45) is 0 Å². The van der Waals surface area contributed by atoms with E-state index in [1.54, 1.807) is 28.8 Å². The van der Waals surface area contributed by atoms with Crippen LogP contribution in [0.4, 0.5) is 0 Å². The van der Waals surface area contributed by atoms with Crippen LogP contribution in [-0.2, 0) is 10.0 Å². The maximum Gasteiger partial charge on any atom is 0.265 e. The number of hydrogen-bond donors (Lipinski definition) is 0. The Morgan fingerprint density at radius 2 is 1.79 bits per heavy atom. The number of carbonyl (C=O) groups excluding carboxylic acids is 1. The van der Waals surface area contributed by atoms with Crippen LogP contribution < -0.4 is 0 Å². The standard InChI is InChI=1S/C20H26N2O3S3/c1-4-15(2)16-5-7-17(8-6-16)28(24,25)22-12-10-21(11-13-22)20(23)19-18(26-3)9-14-27-19/h5-9,14-15H,4,10-13H2,1-3H3. The monoisotopic (exact) mass is 438 g/mol. The van der Waals surface area contributed by atoms with E-state index in [0.717, 1.165) is 21.8 Å². The van der Waals surface area contributed by atoms with Crippen molar-refractivity contribution in [1.82, 2.24) is 9.21 Å². The first-order valence-corrected chi connectivity index (χ1v) is 12.9. The maximum absolute atomic E-state index is 13.0. The van der Waals surface area contributed by atoms with Crippen LogP contribution in [-0.4, -0.2) is 56.0 Å². The van der Waals surface area contributed by atoms with Gasteiger partial charge in [0.15, 0.2) is 0 Å². The Labute approximate surface area is 175 Å². The Morgan fingerprint density at radius 3 is 2.36 bits per heavy atom. The lowest BCUT2D eigenvalue weighted by Gasteiger charge is -2.34. The average molecular weight is 439 g/mol. The number of nitrogens with zero attached hydrogens (tertiary/aromatic N) is 2. The first-order valence-electron chi connectivity index (χ1n) is 9.39. The number of thiophene rings is 1. The fourth-order valence-corrected chi connectivity index (χ4v) is 6.38. The first kappa shape index (κ1) is 21.4. The van der Waals surface area contributed by atoms with Gasteiger partial charge in [0.05, 0.1) is 4.90 Å². The van der Waals surface area contributed by atoms with Gasteiger partial charge < -0.3 is 4.90 Å². The molecule has 1 amide bonds. The third-order valence-electron chi connectivity index (χ3n) is 5.27. The van der Waals surface area contributed by atoms with Gasteiger partial charge >= 0.3 is 0 Å². The summed E-state index contributed by atoms with van der Waals surface area (Å²) in [6.07, 6.45) is 2.97. The SMILES string of the molecule is CCC(C)c1ccc(S(=O)(=O)N2CCN(C(=O)c3sccc3SC)CC2)cc1. The summed E-state index contributed by atoms with van der Waals surface area (Å²) in [5.74, 6) is 0.407. The Morgan fingerprint density at radius 1 is 1.14 bits per heavy atom. The molecule has 1 aromatic carbocycles. The van der Waals surface area contributed by atoms with E-state index in [0.29, 0.717) is 37.0 Å². The molecule has 0 bridgehead atoms. The summed E-state index contributed by atoms with van der Waals surface area (Å²) in [4.78, 5) is 16.5. The number of benzene rings is 1. The molecule has 1 fully saturated rings. The lowest BCUT2D eigenvalue weighted by molar-refractivity contribution is 0.0699. The molecule has 0 saturated carbocycles. The molecule has 2 aromatic rings. The zero-order valence-electron chi connectivity index (χ0n) is 16.4. The Balaban J connectivity index is 1.67. The van der Waals surface area contributed by atoms with Gasteiger partial charge in [0.2, 0.25) is 10.0 Å². The van der Waals surface area contributed by atoms with Crippen molar-refractivity contribution in [2.45, 2.75) is 36.0 Å². The fourth-order valence-electron chi connectivity index (χ4n) is 3.24. The molecule has 0 aliphatic carbocycles. The van der Waals surface area contributed by atoms with Crippen LogP contribution in [0.15, 0.2) is 45.5 Å². The van der Waals surface area contributed by atoms with Crippen molar-refractivity contribution in [3.63, 3.8) is 0 Å². The van der Waals surface area contributed by atoms with Gasteiger partial charge in [-0.3, -0.25) is 4.79 Å². The second kappa shape index (κ2) is 8.98. The third kappa shape index (κ3) is 4.30. The Kier molecular flexibility index (Phi) is 6.85. The van der Waals surface area contributed by atoms with Crippen molar-refractivity contribution in [3.8, 4) is 0 Å². The van der Waals surface area contributed by atoms with Crippen molar-refractivity contribution >= 4 is 39.0 Å². The highest BCUT2D eigenvalue weighted by molar-refractivity contribution is 7.98. The van der Waals surface area contributed by atoms with Crippen molar-refractivity contribution in [2.75, 3.05) is 32.4 Å². The van der Waals surface area contributed by atoms with Gasteiger partial charge in [-0.25, -0.2) is 8.42 Å². The molecule has 1 aliphatic rings. The molecular weight excluding hydrogens is 412 g/mol.